The van der Waals surface area contributed by atoms with Crippen molar-refractivity contribution >= 4 is 11.8 Å². The molecule has 0 aromatic heterocycles. The molecule has 1 aromatic rings. The lowest BCUT2D eigenvalue weighted by molar-refractivity contribution is -0.132. The SMILES string of the molecule is CCCCN(CCCC)C(=O)CCCC(C)(C)c1cc(OC)c(C(C)(C)CCCC(=O)N(CCCC)CCCC)cc1O. The maximum Gasteiger partial charge on any atom is 0.222 e. The van der Waals surface area contributed by atoms with Gasteiger partial charge in [0.2, 0.25) is 11.8 Å². The Hall–Kier alpha value is -2.24. The molecule has 43 heavy (non-hydrogen) atoms. The summed E-state index contributed by atoms with van der Waals surface area (Å²) in [7, 11) is 1.69. The van der Waals surface area contributed by atoms with Gasteiger partial charge < -0.3 is 19.6 Å². The molecular formula is C37H66N2O4. The van der Waals surface area contributed by atoms with Crippen LogP contribution >= 0.6 is 0 Å². The Morgan fingerprint density at radius 2 is 1.02 bits per heavy atom. The van der Waals surface area contributed by atoms with E-state index in [4.69, 9.17) is 4.74 Å². The second kappa shape index (κ2) is 19.9. The number of amides is 2. The van der Waals surface area contributed by atoms with E-state index in [0.29, 0.717) is 12.8 Å². The fourth-order valence-corrected chi connectivity index (χ4v) is 5.88. The molecule has 0 atom stereocenters. The molecule has 0 saturated carbocycles. The summed E-state index contributed by atoms with van der Waals surface area (Å²) in [4.78, 5) is 30.1. The molecule has 248 valence electrons. The van der Waals surface area contributed by atoms with Crippen LogP contribution < -0.4 is 4.74 Å². The maximum absolute atomic E-state index is 13.0. The Morgan fingerprint density at radius 3 is 1.37 bits per heavy atom. The zero-order chi connectivity index (χ0) is 32.5. The van der Waals surface area contributed by atoms with Crippen molar-refractivity contribution in [1.82, 2.24) is 9.80 Å². The Bertz CT molecular complexity index is 940. The summed E-state index contributed by atoms with van der Waals surface area (Å²) in [5, 5.41) is 11.3. The van der Waals surface area contributed by atoms with Crippen molar-refractivity contribution in [1.29, 1.82) is 0 Å². The van der Waals surface area contributed by atoms with Gasteiger partial charge in [0.15, 0.2) is 0 Å². The Kier molecular flexibility index (Phi) is 18.0. The van der Waals surface area contributed by atoms with Gasteiger partial charge in [-0.15, -0.1) is 0 Å². The summed E-state index contributed by atoms with van der Waals surface area (Å²) in [6.45, 7) is 20.7. The third-order valence-corrected chi connectivity index (χ3v) is 8.99. The number of ether oxygens (including phenoxy) is 1. The number of aromatic hydroxyl groups is 1. The summed E-state index contributed by atoms with van der Waals surface area (Å²) in [6, 6.07) is 3.86. The van der Waals surface area contributed by atoms with Crippen LogP contribution in [0, 0.1) is 0 Å². The minimum Gasteiger partial charge on any atom is -0.508 e. The molecule has 0 unspecified atom stereocenters. The quantitative estimate of drug-likeness (QED) is 0.136. The molecule has 6 nitrogen and oxygen atoms in total. The van der Waals surface area contributed by atoms with Gasteiger partial charge in [-0.3, -0.25) is 9.59 Å². The highest BCUT2D eigenvalue weighted by Crippen LogP contribution is 2.44. The van der Waals surface area contributed by atoms with Crippen molar-refractivity contribution in [3.05, 3.63) is 23.3 Å². The van der Waals surface area contributed by atoms with E-state index in [1.165, 1.54) is 0 Å². The zero-order valence-corrected chi connectivity index (χ0v) is 29.4. The number of unbranched alkanes of at least 4 members (excludes halogenated alkanes) is 4. The van der Waals surface area contributed by atoms with Gasteiger partial charge in [-0.1, -0.05) is 81.1 Å². The molecular weight excluding hydrogens is 536 g/mol. The third kappa shape index (κ3) is 13.1. The van der Waals surface area contributed by atoms with Gasteiger partial charge >= 0.3 is 0 Å². The average Bonchev–Trinajstić information content (AvgIpc) is 2.96. The molecule has 0 radical (unpaired) electrons. The van der Waals surface area contributed by atoms with E-state index in [9.17, 15) is 14.7 Å². The van der Waals surface area contributed by atoms with E-state index in [1.807, 2.05) is 21.9 Å². The zero-order valence-electron chi connectivity index (χ0n) is 29.4. The van der Waals surface area contributed by atoms with Crippen molar-refractivity contribution in [2.75, 3.05) is 33.3 Å². The monoisotopic (exact) mass is 603 g/mol. The first-order valence-corrected chi connectivity index (χ1v) is 17.4. The second-order valence-corrected chi connectivity index (χ2v) is 13.7. The molecule has 0 spiro atoms. The maximum atomic E-state index is 13.0. The van der Waals surface area contributed by atoms with E-state index < -0.39 is 0 Å². The van der Waals surface area contributed by atoms with Crippen molar-refractivity contribution in [2.24, 2.45) is 0 Å². The van der Waals surface area contributed by atoms with E-state index in [1.54, 1.807) is 7.11 Å². The van der Waals surface area contributed by atoms with Crippen molar-refractivity contribution in [3.63, 3.8) is 0 Å². The van der Waals surface area contributed by atoms with E-state index >= 15 is 0 Å². The Balaban J connectivity index is 2.93. The van der Waals surface area contributed by atoms with Gasteiger partial charge in [0.05, 0.1) is 7.11 Å². The molecule has 0 aliphatic rings. The van der Waals surface area contributed by atoms with E-state index in [-0.39, 0.29) is 28.4 Å². The summed E-state index contributed by atoms with van der Waals surface area (Å²) in [5.74, 6) is 1.54. The molecule has 0 saturated heterocycles. The van der Waals surface area contributed by atoms with Gasteiger partial charge in [0, 0.05) is 50.1 Å². The number of hydrogen-bond donors (Lipinski definition) is 1. The smallest absolute Gasteiger partial charge is 0.222 e. The van der Waals surface area contributed by atoms with Crippen molar-refractivity contribution in [3.8, 4) is 11.5 Å². The minimum atomic E-state index is -0.315. The number of methoxy groups -OCH3 is 1. The van der Waals surface area contributed by atoms with Crippen LogP contribution in [-0.2, 0) is 20.4 Å². The standard InChI is InChI=1S/C37H66N2O4/c1-10-14-24-38(25-15-11-2)34(41)20-18-22-36(5,6)30-29-33(43-9)31(28-32(30)40)37(7,8)23-19-21-35(42)39(26-16-12-3)27-17-13-4/h28-29,40H,10-27H2,1-9H3. The molecule has 0 heterocycles. The normalized spacial score (nSPS) is 11.9. The third-order valence-electron chi connectivity index (χ3n) is 8.99. The Labute approximate surface area is 264 Å². The summed E-state index contributed by atoms with van der Waals surface area (Å²) >= 11 is 0. The van der Waals surface area contributed by atoms with E-state index in [0.717, 1.165) is 120 Å². The van der Waals surface area contributed by atoms with Crippen LogP contribution in [0.1, 0.15) is 156 Å². The van der Waals surface area contributed by atoms with Gasteiger partial charge in [-0.2, -0.15) is 0 Å². The topological polar surface area (TPSA) is 70.1 Å². The first kappa shape index (κ1) is 38.8. The number of nitrogens with zero attached hydrogens (tertiary/aromatic N) is 2. The first-order valence-electron chi connectivity index (χ1n) is 17.4. The van der Waals surface area contributed by atoms with Gasteiger partial charge in [0.25, 0.3) is 0 Å². The van der Waals surface area contributed by atoms with Crippen LogP contribution in [0.2, 0.25) is 0 Å². The summed E-state index contributed by atoms with van der Waals surface area (Å²) < 4.78 is 5.88. The van der Waals surface area contributed by atoms with Crippen LogP contribution in [0.5, 0.6) is 11.5 Å². The van der Waals surface area contributed by atoms with E-state index in [2.05, 4.69) is 55.4 Å². The highest BCUT2D eigenvalue weighted by atomic mass is 16.5. The molecule has 1 N–H and O–H groups in total. The summed E-state index contributed by atoms with van der Waals surface area (Å²) in [5.41, 5.74) is 1.23. The molecule has 6 heteroatoms. The van der Waals surface area contributed by atoms with Crippen molar-refractivity contribution in [2.45, 2.75) is 156 Å². The fraction of sp³-hybridized carbons (Fsp3) is 0.784. The fourth-order valence-electron chi connectivity index (χ4n) is 5.88. The molecule has 0 aliphatic carbocycles. The minimum absolute atomic E-state index is 0.244. The molecule has 0 bridgehead atoms. The van der Waals surface area contributed by atoms with Crippen LogP contribution in [0.15, 0.2) is 12.1 Å². The molecule has 1 aromatic carbocycles. The number of benzene rings is 1. The largest absolute Gasteiger partial charge is 0.508 e. The predicted octanol–water partition coefficient (Wildman–Crippen LogP) is 9.15. The molecule has 0 aliphatic heterocycles. The number of phenols is 1. The average molecular weight is 603 g/mol. The predicted molar refractivity (Wildman–Crippen MR) is 181 cm³/mol. The molecule has 2 amide bonds. The highest BCUT2D eigenvalue weighted by Gasteiger charge is 2.31. The number of carbonyl (C=O) groups excluding carboxylic acids is 2. The number of rotatable bonds is 23. The van der Waals surface area contributed by atoms with Crippen LogP contribution in [-0.4, -0.2) is 60.0 Å². The van der Waals surface area contributed by atoms with Gasteiger partial charge in [-0.05, 0) is 74.3 Å². The summed E-state index contributed by atoms with van der Waals surface area (Å²) in [6.07, 6.45) is 12.8. The lowest BCUT2D eigenvalue weighted by atomic mass is 9.75. The number of hydrogen-bond acceptors (Lipinski definition) is 4. The van der Waals surface area contributed by atoms with Crippen LogP contribution in [0.4, 0.5) is 0 Å². The number of carbonyl (C=O) groups is 2. The van der Waals surface area contributed by atoms with Gasteiger partial charge in [-0.25, -0.2) is 0 Å². The Morgan fingerprint density at radius 1 is 0.651 bits per heavy atom. The van der Waals surface area contributed by atoms with Crippen LogP contribution in [0.3, 0.4) is 0 Å². The highest BCUT2D eigenvalue weighted by molar-refractivity contribution is 5.76. The first-order chi connectivity index (χ1) is 20.4. The molecule has 0 fully saturated rings. The lowest BCUT2D eigenvalue weighted by Gasteiger charge is -2.32. The van der Waals surface area contributed by atoms with Crippen LogP contribution in [0.25, 0.3) is 0 Å². The van der Waals surface area contributed by atoms with Crippen molar-refractivity contribution < 1.29 is 19.4 Å². The second-order valence-electron chi connectivity index (χ2n) is 13.7. The van der Waals surface area contributed by atoms with Gasteiger partial charge in [0.1, 0.15) is 11.5 Å². The lowest BCUT2D eigenvalue weighted by Crippen LogP contribution is -2.33. The molecule has 1 rings (SSSR count). The number of phenolic OH excluding ortho intramolecular Hbond substituents is 1.